The van der Waals surface area contributed by atoms with Crippen LogP contribution >= 0.6 is 0 Å². The predicted molar refractivity (Wildman–Crippen MR) is 78.4 cm³/mol. The molecule has 2 atom stereocenters. The second-order valence-electron chi connectivity index (χ2n) is 4.60. The lowest BCUT2D eigenvalue weighted by Crippen LogP contribution is -2.32. The zero-order chi connectivity index (χ0) is 15.1. The standard InChI is InChI=1S/C17H18O4/c1-20-17(19)16(15(18)14-10-6-3-7-11-14)21-12-13-8-4-2-5-9-13/h2-11,15-16,18H,12H2,1H3/t15-,16+/m1/s1. The van der Waals surface area contributed by atoms with Crippen molar-refractivity contribution in [2.24, 2.45) is 0 Å². The lowest BCUT2D eigenvalue weighted by Gasteiger charge is -2.21. The molecule has 21 heavy (non-hydrogen) atoms. The number of methoxy groups -OCH3 is 1. The van der Waals surface area contributed by atoms with E-state index in [4.69, 9.17) is 9.47 Å². The maximum absolute atomic E-state index is 11.8. The van der Waals surface area contributed by atoms with Crippen molar-refractivity contribution in [3.05, 3.63) is 71.8 Å². The Morgan fingerprint density at radius 1 is 1.05 bits per heavy atom. The topological polar surface area (TPSA) is 55.8 Å². The molecule has 0 aliphatic rings. The van der Waals surface area contributed by atoms with Crippen LogP contribution in [0.25, 0.3) is 0 Å². The predicted octanol–water partition coefficient (Wildman–Crippen LogP) is 2.48. The smallest absolute Gasteiger partial charge is 0.338 e. The van der Waals surface area contributed by atoms with Crippen LogP contribution in [0.4, 0.5) is 0 Å². The summed E-state index contributed by atoms with van der Waals surface area (Å²) in [5, 5.41) is 10.3. The number of rotatable bonds is 6. The molecule has 4 nitrogen and oxygen atoms in total. The van der Waals surface area contributed by atoms with E-state index in [1.54, 1.807) is 24.3 Å². The normalized spacial score (nSPS) is 13.4. The van der Waals surface area contributed by atoms with Gasteiger partial charge in [0.05, 0.1) is 13.7 Å². The van der Waals surface area contributed by atoms with Crippen molar-refractivity contribution < 1.29 is 19.4 Å². The zero-order valence-corrected chi connectivity index (χ0v) is 11.8. The van der Waals surface area contributed by atoms with Gasteiger partial charge in [0.25, 0.3) is 0 Å². The largest absolute Gasteiger partial charge is 0.467 e. The van der Waals surface area contributed by atoms with Crippen molar-refractivity contribution in [3.8, 4) is 0 Å². The number of ether oxygens (including phenoxy) is 2. The number of hydrogen-bond donors (Lipinski definition) is 1. The summed E-state index contributed by atoms with van der Waals surface area (Å²) in [6.07, 6.45) is -2.13. The number of hydrogen-bond acceptors (Lipinski definition) is 4. The van der Waals surface area contributed by atoms with Gasteiger partial charge in [-0.05, 0) is 11.1 Å². The van der Waals surface area contributed by atoms with Gasteiger partial charge in [-0.15, -0.1) is 0 Å². The number of benzene rings is 2. The maximum Gasteiger partial charge on any atom is 0.338 e. The number of carbonyl (C=O) groups is 1. The third kappa shape index (κ3) is 4.15. The summed E-state index contributed by atoms with van der Waals surface area (Å²) in [6, 6.07) is 18.4. The van der Waals surface area contributed by atoms with Gasteiger partial charge in [0, 0.05) is 0 Å². The van der Waals surface area contributed by atoms with Crippen molar-refractivity contribution >= 4 is 5.97 Å². The molecule has 0 aromatic heterocycles. The van der Waals surface area contributed by atoms with Crippen LogP contribution in [0.5, 0.6) is 0 Å². The Labute approximate surface area is 123 Å². The minimum absolute atomic E-state index is 0.227. The molecule has 0 aliphatic heterocycles. The van der Waals surface area contributed by atoms with Gasteiger partial charge in [-0.25, -0.2) is 4.79 Å². The molecule has 0 heterocycles. The summed E-state index contributed by atoms with van der Waals surface area (Å²) in [7, 11) is 1.28. The van der Waals surface area contributed by atoms with E-state index < -0.39 is 18.2 Å². The van der Waals surface area contributed by atoms with Crippen molar-refractivity contribution in [1.82, 2.24) is 0 Å². The first-order chi connectivity index (χ1) is 10.2. The highest BCUT2D eigenvalue weighted by molar-refractivity contribution is 5.75. The Balaban J connectivity index is 2.09. The Bertz CT molecular complexity index is 554. The molecule has 0 aliphatic carbocycles. The quantitative estimate of drug-likeness (QED) is 0.829. The minimum atomic E-state index is -1.07. The van der Waals surface area contributed by atoms with Gasteiger partial charge in [-0.2, -0.15) is 0 Å². The van der Waals surface area contributed by atoms with Crippen LogP contribution in [-0.4, -0.2) is 24.3 Å². The molecule has 0 unspecified atom stereocenters. The zero-order valence-electron chi connectivity index (χ0n) is 11.8. The summed E-state index contributed by atoms with van der Waals surface area (Å²) in [5.74, 6) is -0.595. The van der Waals surface area contributed by atoms with Gasteiger partial charge in [0.2, 0.25) is 0 Å². The van der Waals surface area contributed by atoms with Crippen LogP contribution < -0.4 is 0 Å². The third-order valence-corrected chi connectivity index (χ3v) is 3.13. The Morgan fingerprint density at radius 3 is 2.19 bits per heavy atom. The first-order valence-electron chi connectivity index (χ1n) is 6.68. The van der Waals surface area contributed by atoms with Crippen molar-refractivity contribution in [3.63, 3.8) is 0 Å². The average molecular weight is 286 g/mol. The Hall–Kier alpha value is -2.17. The highest BCUT2D eigenvalue weighted by Gasteiger charge is 2.29. The fourth-order valence-electron chi connectivity index (χ4n) is 1.99. The van der Waals surface area contributed by atoms with Crippen LogP contribution in [0.3, 0.4) is 0 Å². The van der Waals surface area contributed by atoms with Gasteiger partial charge in [0.15, 0.2) is 6.10 Å². The first-order valence-corrected chi connectivity index (χ1v) is 6.68. The molecule has 0 bridgehead atoms. The monoisotopic (exact) mass is 286 g/mol. The fourth-order valence-corrected chi connectivity index (χ4v) is 1.99. The van der Waals surface area contributed by atoms with Gasteiger partial charge < -0.3 is 14.6 Å². The van der Waals surface area contributed by atoms with Gasteiger partial charge in [0.1, 0.15) is 6.10 Å². The molecule has 2 aromatic carbocycles. The highest BCUT2D eigenvalue weighted by atomic mass is 16.6. The summed E-state index contributed by atoms with van der Waals surface area (Å²) in [5.41, 5.74) is 1.53. The van der Waals surface area contributed by atoms with Gasteiger partial charge >= 0.3 is 5.97 Å². The van der Waals surface area contributed by atoms with Gasteiger partial charge in [-0.1, -0.05) is 60.7 Å². The number of aliphatic hydroxyl groups excluding tert-OH is 1. The van der Waals surface area contributed by atoms with E-state index in [0.717, 1.165) is 5.56 Å². The molecule has 0 amide bonds. The van der Waals surface area contributed by atoms with Crippen molar-refractivity contribution in [2.75, 3.05) is 7.11 Å². The minimum Gasteiger partial charge on any atom is -0.467 e. The van der Waals surface area contributed by atoms with Crippen LogP contribution in [-0.2, 0) is 20.9 Å². The third-order valence-electron chi connectivity index (χ3n) is 3.13. The number of esters is 1. The summed E-state index contributed by atoms with van der Waals surface area (Å²) in [4.78, 5) is 11.8. The van der Waals surface area contributed by atoms with Crippen molar-refractivity contribution in [2.45, 2.75) is 18.8 Å². The maximum atomic E-state index is 11.8. The summed E-state index contributed by atoms with van der Waals surface area (Å²) < 4.78 is 10.3. The second-order valence-corrected chi connectivity index (χ2v) is 4.60. The molecule has 4 heteroatoms. The number of carbonyl (C=O) groups excluding carboxylic acids is 1. The van der Waals surface area contributed by atoms with Crippen molar-refractivity contribution in [1.29, 1.82) is 0 Å². The SMILES string of the molecule is COC(=O)[C@@H](OCc1ccccc1)[C@H](O)c1ccccc1. The van der Waals surface area contributed by atoms with E-state index in [9.17, 15) is 9.90 Å². The molecule has 110 valence electrons. The van der Waals surface area contributed by atoms with E-state index in [2.05, 4.69) is 0 Å². The second kappa shape index (κ2) is 7.57. The summed E-state index contributed by atoms with van der Waals surface area (Å²) in [6.45, 7) is 0.227. The molecule has 0 spiro atoms. The average Bonchev–Trinajstić information content (AvgIpc) is 2.56. The van der Waals surface area contributed by atoms with E-state index in [-0.39, 0.29) is 6.61 Å². The molecule has 0 saturated heterocycles. The molecule has 0 radical (unpaired) electrons. The van der Waals surface area contributed by atoms with E-state index >= 15 is 0 Å². The van der Waals surface area contributed by atoms with Crippen LogP contribution in [0.15, 0.2) is 60.7 Å². The molecule has 2 rings (SSSR count). The highest BCUT2D eigenvalue weighted by Crippen LogP contribution is 2.21. The van der Waals surface area contributed by atoms with Crippen LogP contribution in [0, 0.1) is 0 Å². The Kier molecular flexibility index (Phi) is 5.49. The Morgan fingerprint density at radius 2 is 1.62 bits per heavy atom. The van der Waals surface area contributed by atoms with Crippen LogP contribution in [0.1, 0.15) is 17.2 Å². The van der Waals surface area contributed by atoms with E-state index in [1.807, 2.05) is 36.4 Å². The molecule has 2 aromatic rings. The lowest BCUT2D eigenvalue weighted by molar-refractivity contribution is -0.164. The molecule has 1 N–H and O–H groups in total. The first kappa shape index (κ1) is 15.2. The van der Waals surface area contributed by atoms with E-state index in [1.165, 1.54) is 7.11 Å². The molecule has 0 saturated carbocycles. The molecule has 0 fully saturated rings. The van der Waals surface area contributed by atoms with E-state index in [0.29, 0.717) is 5.56 Å². The van der Waals surface area contributed by atoms with Crippen LogP contribution in [0.2, 0.25) is 0 Å². The summed E-state index contributed by atoms with van der Waals surface area (Å²) >= 11 is 0. The number of aliphatic hydroxyl groups is 1. The molecular weight excluding hydrogens is 268 g/mol. The fraction of sp³-hybridized carbons (Fsp3) is 0.235. The lowest BCUT2D eigenvalue weighted by atomic mass is 10.0. The molecular formula is C17H18O4. The van der Waals surface area contributed by atoms with Gasteiger partial charge in [-0.3, -0.25) is 0 Å².